The van der Waals surface area contributed by atoms with E-state index in [-0.39, 0.29) is 18.4 Å². The van der Waals surface area contributed by atoms with Crippen molar-refractivity contribution in [1.29, 1.82) is 0 Å². The first-order valence-corrected chi connectivity index (χ1v) is 27.0. The molecule has 2 N–H and O–H groups in total. The first-order valence-electron chi connectivity index (χ1n) is 22.0. The maximum absolute atomic E-state index is 14.7. The normalized spacial score (nSPS) is 37.7. The van der Waals surface area contributed by atoms with Crippen molar-refractivity contribution in [3.05, 3.63) is 47.0 Å². The molecule has 12 atom stereocenters. The molecule has 2 bridgehead atoms. The van der Waals surface area contributed by atoms with Gasteiger partial charge in [0, 0.05) is 42.9 Å². The zero-order valence-corrected chi connectivity index (χ0v) is 39.0. The minimum Gasteiger partial charge on any atom is -0.461 e. The number of carbonyl (C=O) groups is 3. The lowest BCUT2D eigenvalue weighted by Gasteiger charge is -2.63. The van der Waals surface area contributed by atoms with Gasteiger partial charge in [0.1, 0.15) is 23.9 Å². The molecule has 1 aromatic rings. The predicted octanol–water partition coefficient (Wildman–Crippen LogP) is 7.75. The number of aliphatic hydroxyl groups excluding tert-OH is 1. The molecular formula is C45H70O11Si2. The van der Waals surface area contributed by atoms with Crippen LogP contribution in [0.1, 0.15) is 106 Å². The lowest BCUT2D eigenvalue weighted by Crippen LogP contribution is -2.73. The Morgan fingerprint density at radius 3 is 1.88 bits per heavy atom. The van der Waals surface area contributed by atoms with Crippen LogP contribution in [0.3, 0.4) is 0 Å². The van der Waals surface area contributed by atoms with Crippen LogP contribution in [0.5, 0.6) is 0 Å². The van der Waals surface area contributed by atoms with E-state index in [1.165, 1.54) is 13.8 Å². The molecule has 1 saturated heterocycles. The highest BCUT2D eigenvalue weighted by Gasteiger charge is 2.90. The first-order chi connectivity index (χ1) is 27.3. The zero-order chi connectivity index (χ0) is 42.8. The molecule has 5 aliphatic rings. The Labute approximate surface area is 348 Å². The number of aliphatic hydroxyl groups is 2. The van der Waals surface area contributed by atoms with Crippen LogP contribution < -0.4 is 0 Å². The summed E-state index contributed by atoms with van der Waals surface area (Å²) >= 11 is 0. The lowest BCUT2D eigenvalue weighted by atomic mass is 9.48. The van der Waals surface area contributed by atoms with Crippen molar-refractivity contribution in [3.8, 4) is 0 Å². The summed E-state index contributed by atoms with van der Waals surface area (Å²) in [4.78, 5) is 41.5. The second kappa shape index (κ2) is 16.1. The molecule has 3 saturated carbocycles. The smallest absolute Gasteiger partial charge is 0.338 e. The topological polar surface area (TPSA) is 147 Å². The van der Waals surface area contributed by atoms with Crippen molar-refractivity contribution in [1.82, 2.24) is 0 Å². The van der Waals surface area contributed by atoms with Crippen LogP contribution in [0.4, 0.5) is 0 Å². The van der Waals surface area contributed by atoms with Crippen LogP contribution in [-0.2, 0) is 37.4 Å². The Hall–Kier alpha value is -2.40. The van der Waals surface area contributed by atoms with Gasteiger partial charge in [-0.2, -0.15) is 0 Å². The molecule has 11 nitrogen and oxygen atoms in total. The summed E-state index contributed by atoms with van der Waals surface area (Å²) in [6, 6.07) is 13.7. The number of ether oxygens (including phenoxy) is 4. The highest BCUT2D eigenvalue weighted by atomic mass is 28.4. The van der Waals surface area contributed by atoms with Crippen molar-refractivity contribution in [2.24, 2.45) is 28.1 Å². The highest BCUT2D eigenvalue weighted by molar-refractivity contribution is 6.74. The van der Waals surface area contributed by atoms with Gasteiger partial charge in [-0.05, 0) is 72.9 Å². The minimum absolute atomic E-state index is 0.0603. The fourth-order valence-electron chi connectivity index (χ4n) is 12.3. The van der Waals surface area contributed by atoms with E-state index >= 15 is 0 Å². The Morgan fingerprint density at radius 1 is 0.828 bits per heavy atom. The number of esters is 3. The van der Waals surface area contributed by atoms with Gasteiger partial charge in [0.2, 0.25) is 0 Å². The number of carbonyl (C=O) groups excluding carboxylic acids is 3. The molecule has 3 unspecified atom stereocenters. The van der Waals surface area contributed by atoms with E-state index < -0.39 is 98.9 Å². The number of rotatable bonds is 14. The summed E-state index contributed by atoms with van der Waals surface area (Å²) in [5.41, 5.74) is -4.39. The SMILES string of the molecule is CC[Si](CC)(CC)OC1C[C@@]2(O)[C@@H](OC(=O)c3ccccc3)[C@]34C([C@H]3OC(C)=O)[C@@H]3CO[C@@H]3CC(O[Si](CC)(CC)CC)[C@@]4(C)[C@@H](O)[C@@H](OC(C)=O)C(=C1C)C2(C)C. The summed E-state index contributed by atoms with van der Waals surface area (Å²) in [6.07, 6.45) is -6.15. The maximum atomic E-state index is 14.7. The van der Waals surface area contributed by atoms with Crippen molar-refractivity contribution in [3.63, 3.8) is 0 Å². The molecule has 1 spiro atoms. The van der Waals surface area contributed by atoms with Gasteiger partial charge in [0.05, 0.1) is 35.9 Å². The molecule has 0 radical (unpaired) electrons. The van der Waals surface area contributed by atoms with Crippen LogP contribution >= 0.6 is 0 Å². The van der Waals surface area contributed by atoms with Crippen molar-refractivity contribution < 1.29 is 52.4 Å². The van der Waals surface area contributed by atoms with Crippen molar-refractivity contribution in [2.75, 3.05) is 6.61 Å². The lowest BCUT2D eigenvalue weighted by molar-refractivity contribution is -0.256. The third kappa shape index (κ3) is 6.63. The van der Waals surface area contributed by atoms with Crippen LogP contribution in [-0.4, -0.2) is 99.7 Å². The molecule has 13 heteroatoms. The Kier molecular flexibility index (Phi) is 12.6. The maximum Gasteiger partial charge on any atom is 0.338 e. The monoisotopic (exact) mass is 842 g/mol. The summed E-state index contributed by atoms with van der Waals surface area (Å²) in [5, 5.41) is 27.9. The largest absolute Gasteiger partial charge is 0.461 e. The van der Waals surface area contributed by atoms with E-state index in [9.17, 15) is 24.6 Å². The van der Waals surface area contributed by atoms with Crippen molar-refractivity contribution in [2.45, 2.75) is 181 Å². The molecule has 324 valence electrons. The number of fused-ring (bicyclic) bond motifs is 4. The van der Waals surface area contributed by atoms with E-state index in [1.54, 1.807) is 24.3 Å². The molecule has 0 aromatic heterocycles. The number of hydrogen-bond acceptors (Lipinski definition) is 11. The summed E-state index contributed by atoms with van der Waals surface area (Å²) < 4.78 is 41.0. The average molecular weight is 843 g/mol. The summed E-state index contributed by atoms with van der Waals surface area (Å²) in [6.45, 7) is 23.6. The van der Waals surface area contributed by atoms with Gasteiger partial charge >= 0.3 is 17.9 Å². The molecule has 6 rings (SSSR count). The van der Waals surface area contributed by atoms with Crippen LogP contribution in [0.2, 0.25) is 36.3 Å². The van der Waals surface area contributed by atoms with Gasteiger partial charge in [-0.25, -0.2) is 4.79 Å². The van der Waals surface area contributed by atoms with Gasteiger partial charge in [-0.3, -0.25) is 9.59 Å². The van der Waals surface area contributed by atoms with Crippen LogP contribution in [0, 0.1) is 28.1 Å². The molecular weight excluding hydrogens is 773 g/mol. The Bertz CT molecular complexity index is 1730. The standard InChI is InChI=1S/C45H70O11Si2/c1-13-57(14-2,15-3)55-33-25-44(50)41(54-40(49)30-22-20-19-21-23-30)45-36(39(45)53-29(9)47)31-26-51-32(31)24-34(56-58(16-4,17-5)18-6)43(45,12)38(48)37(52-28(8)46)35(27(33)7)42(44,10)11/h19-23,31-34,36-39,41,48,50H,13-18,24-26H2,1-12H3/t31-,32-,33?,34?,36?,37+,38+,39-,41-,43+,44-,45+/m1/s1. The van der Waals surface area contributed by atoms with Gasteiger partial charge in [-0.15, -0.1) is 0 Å². The van der Waals surface area contributed by atoms with E-state index in [0.29, 0.717) is 24.2 Å². The third-order valence-electron chi connectivity index (χ3n) is 16.4. The molecule has 1 aliphatic heterocycles. The molecule has 1 heterocycles. The average Bonchev–Trinajstić information content (AvgIpc) is 3.82. The molecule has 4 fully saturated rings. The fourth-order valence-corrected chi connectivity index (χ4v) is 18.1. The predicted molar refractivity (Wildman–Crippen MR) is 225 cm³/mol. The van der Waals surface area contributed by atoms with Crippen LogP contribution in [0.15, 0.2) is 41.5 Å². The summed E-state index contributed by atoms with van der Waals surface area (Å²) in [7, 11) is -4.85. The molecule has 1 aromatic carbocycles. The number of hydrogen-bond donors (Lipinski definition) is 2. The molecule has 4 aliphatic carbocycles. The highest BCUT2D eigenvalue weighted by Crippen LogP contribution is 2.79. The van der Waals surface area contributed by atoms with E-state index in [1.807, 2.05) is 33.8 Å². The van der Waals surface area contributed by atoms with Gasteiger partial charge in [0.25, 0.3) is 0 Å². The fraction of sp³-hybridized carbons (Fsp3) is 0.756. The zero-order valence-electron chi connectivity index (χ0n) is 37.0. The van der Waals surface area contributed by atoms with Gasteiger partial charge < -0.3 is 38.0 Å². The van der Waals surface area contributed by atoms with E-state index in [4.69, 9.17) is 27.8 Å². The minimum atomic E-state index is -2.49. The second-order valence-electron chi connectivity index (χ2n) is 18.7. The van der Waals surface area contributed by atoms with Gasteiger partial charge in [-0.1, -0.05) is 80.5 Å². The van der Waals surface area contributed by atoms with Gasteiger partial charge in [0.15, 0.2) is 22.7 Å². The van der Waals surface area contributed by atoms with E-state index in [2.05, 4.69) is 41.5 Å². The van der Waals surface area contributed by atoms with Crippen LogP contribution in [0.25, 0.3) is 0 Å². The second-order valence-corrected chi connectivity index (χ2v) is 28.2. The summed E-state index contributed by atoms with van der Waals surface area (Å²) in [5.74, 6) is -2.41. The molecule has 0 amide bonds. The quantitative estimate of drug-likeness (QED) is 0.0821. The third-order valence-corrected chi connectivity index (χ3v) is 25.7. The number of benzene rings is 1. The first kappa shape index (κ1) is 45.1. The Morgan fingerprint density at radius 2 is 1.38 bits per heavy atom. The Balaban J connectivity index is 1.74. The molecule has 58 heavy (non-hydrogen) atoms. The van der Waals surface area contributed by atoms with Crippen molar-refractivity contribution >= 4 is 34.5 Å². The van der Waals surface area contributed by atoms with E-state index in [0.717, 1.165) is 41.8 Å².